The Morgan fingerprint density at radius 2 is 1.48 bits per heavy atom. The van der Waals surface area contributed by atoms with Gasteiger partial charge in [0.05, 0.1) is 5.92 Å². The summed E-state index contributed by atoms with van der Waals surface area (Å²) in [4.78, 5) is 29.4. The topological polar surface area (TPSA) is 52.7 Å². The Morgan fingerprint density at radius 1 is 0.760 bits per heavy atom. The maximum absolute atomic E-state index is 12.7. The maximum Gasteiger partial charge on any atom is 0.225 e. The van der Waals surface area contributed by atoms with E-state index < -0.39 is 0 Å². The lowest BCUT2D eigenvalue weighted by Gasteiger charge is -2.33. The lowest BCUT2D eigenvalue weighted by atomic mass is 9.94. The fraction of sp³-hybridized carbons (Fsp3) is 0.900. The second-order valence-electron chi connectivity index (χ2n) is 8.65. The molecule has 2 aliphatic carbocycles. The van der Waals surface area contributed by atoms with Gasteiger partial charge in [-0.3, -0.25) is 14.5 Å². The predicted molar refractivity (Wildman–Crippen MR) is 97.0 cm³/mol. The molecule has 0 radical (unpaired) electrons. The van der Waals surface area contributed by atoms with Crippen LogP contribution in [0.15, 0.2) is 0 Å². The van der Waals surface area contributed by atoms with E-state index in [1.807, 2.05) is 4.90 Å². The van der Waals surface area contributed by atoms with Gasteiger partial charge in [0.15, 0.2) is 0 Å². The van der Waals surface area contributed by atoms with Crippen LogP contribution in [0.3, 0.4) is 0 Å². The summed E-state index contributed by atoms with van der Waals surface area (Å²) < 4.78 is 0. The molecular formula is C20H33N3O2. The molecule has 140 valence electrons. The number of carbonyl (C=O) groups is 2. The molecule has 25 heavy (non-hydrogen) atoms. The van der Waals surface area contributed by atoms with Crippen LogP contribution in [0.4, 0.5) is 0 Å². The van der Waals surface area contributed by atoms with Crippen molar-refractivity contribution in [2.24, 2.45) is 11.8 Å². The number of hydrogen-bond donors (Lipinski definition) is 1. The van der Waals surface area contributed by atoms with Crippen LogP contribution in [0.25, 0.3) is 0 Å². The molecule has 1 unspecified atom stereocenters. The Morgan fingerprint density at radius 3 is 2.16 bits per heavy atom. The Labute approximate surface area is 151 Å². The highest BCUT2D eigenvalue weighted by Crippen LogP contribution is 2.32. The number of piperidine rings is 1. The molecule has 1 atom stereocenters. The highest BCUT2D eigenvalue weighted by molar-refractivity contribution is 5.81. The zero-order valence-corrected chi connectivity index (χ0v) is 15.4. The minimum Gasteiger partial charge on any atom is -0.353 e. The van der Waals surface area contributed by atoms with Gasteiger partial charge in [0.25, 0.3) is 0 Å². The van der Waals surface area contributed by atoms with Gasteiger partial charge in [-0.25, -0.2) is 0 Å². The largest absolute Gasteiger partial charge is 0.353 e. The van der Waals surface area contributed by atoms with Gasteiger partial charge in [-0.2, -0.15) is 0 Å². The monoisotopic (exact) mass is 347 g/mol. The van der Waals surface area contributed by atoms with Crippen molar-refractivity contribution in [1.82, 2.24) is 15.1 Å². The van der Waals surface area contributed by atoms with Crippen LogP contribution >= 0.6 is 0 Å². The Bertz CT molecular complexity index is 491. The molecule has 0 bridgehead atoms. The molecule has 2 saturated heterocycles. The van der Waals surface area contributed by atoms with Crippen LogP contribution in [0.2, 0.25) is 0 Å². The zero-order chi connectivity index (χ0) is 17.2. The normalized spacial score (nSPS) is 29.8. The molecular weight excluding hydrogens is 314 g/mol. The molecule has 5 heteroatoms. The number of rotatable bonds is 4. The molecule has 0 aromatic carbocycles. The van der Waals surface area contributed by atoms with Crippen molar-refractivity contribution in [2.75, 3.05) is 26.2 Å². The summed E-state index contributed by atoms with van der Waals surface area (Å²) in [6, 6.07) is 0.989. The van der Waals surface area contributed by atoms with Crippen molar-refractivity contribution in [3.8, 4) is 0 Å². The average molecular weight is 348 g/mol. The lowest BCUT2D eigenvalue weighted by Crippen LogP contribution is -2.48. The van der Waals surface area contributed by atoms with Crippen LogP contribution in [-0.4, -0.2) is 59.9 Å². The highest BCUT2D eigenvalue weighted by atomic mass is 16.2. The molecule has 4 fully saturated rings. The minimum atomic E-state index is 0.174. The molecule has 5 nitrogen and oxygen atoms in total. The lowest BCUT2D eigenvalue weighted by molar-refractivity contribution is -0.133. The summed E-state index contributed by atoms with van der Waals surface area (Å²) >= 11 is 0. The zero-order valence-electron chi connectivity index (χ0n) is 15.4. The number of carbonyl (C=O) groups excluding carboxylic acids is 2. The van der Waals surface area contributed by atoms with Crippen molar-refractivity contribution < 1.29 is 9.59 Å². The van der Waals surface area contributed by atoms with Gasteiger partial charge in [0, 0.05) is 37.6 Å². The number of likely N-dealkylation sites (tertiary alicyclic amines) is 2. The molecule has 4 rings (SSSR count). The van der Waals surface area contributed by atoms with E-state index in [-0.39, 0.29) is 17.9 Å². The third kappa shape index (κ3) is 4.18. The van der Waals surface area contributed by atoms with Crippen molar-refractivity contribution >= 4 is 11.8 Å². The summed E-state index contributed by atoms with van der Waals surface area (Å²) in [6.07, 6.45) is 11.8. The number of nitrogens with one attached hydrogen (secondary N) is 1. The van der Waals surface area contributed by atoms with E-state index in [9.17, 15) is 9.59 Å². The van der Waals surface area contributed by atoms with Gasteiger partial charge in [-0.1, -0.05) is 19.3 Å². The molecule has 2 amide bonds. The van der Waals surface area contributed by atoms with Crippen LogP contribution < -0.4 is 5.32 Å². The van der Waals surface area contributed by atoms with Crippen LogP contribution in [-0.2, 0) is 9.59 Å². The van der Waals surface area contributed by atoms with Crippen molar-refractivity contribution in [2.45, 2.75) is 76.3 Å². The smallest absolute Gasteiger partial charge is 0.225 e. The highest BCUT2D eigenvalue weighted by Gasteiger charge is 2.36. The first-order valence-corrected chi connectivity index (χ1v) is 10.5. The first kappa shape index (κ1) is 17.3. The maximum atomic E-state index is 12.7. The van der Waals surface area contributed by atoms with E-state index in [0.717, 1.165) is 64.3 Å². The van der Waals surface area contributed by atoms with Gasteiger partial charge in [-0.05, 0) is 51.5 Å². The second-order valence-corrected chi connectivity index (χ2v) is 8.65. The summed E-state index contributed by atoms with van der Waals surface area (Å²) in [6.45, 7) is 3.69. The Balaban J connectivity index is 1.19. The van der Waals surface area contributed by atoms with E-state index in [2.05, 4.69) is 10.2 Å². The van der Waals surface area contributed by atoms with E-state index >= 15 is 0 Å². The average Bonchev–Trinajstić information content (AvgIpc) is 3.38. The van der Waals surface area contributed by atoms with Crippen molar-refractivity contribution in [3.63, 3.8) is 0 Å². The third-order valence-corrected chi connectivity index (χ3v) is 6.76. The molecule has 4 aliphatic rings. The summed E-state index contributed by atoms with van der Waals surface area (Å²) in [5.41, 5.74) is 0. The molecule has 2 heterocycles. The van der Waals surface area contributed by atoms with E-state index in [0.29, 0.717) is 11.8 Å². The second kappa shape index (κ2) is 7.65. The fourth-order valence-electron chi connectivity index (χ4n) is 4.93. The molecule has 0 aromatic heterocycles. The predicted octanol–water partition coefficient (Wildman–Crippen LogP) is 2.16. The van der Waals surface area contributed by atoms with Gasteiger partial charge in [-0.15, -0.1) is 0 Å². The van der Waals surface area contributed by atoms with Crippen molar-refractivity contribution in [3.05, 3.63) is 0 Å². The number of hydrogen-bond acceptors (Lipinski definition) is 3. The van der Waals surface area contributed by atoms with Crippen LogP contribution in [0.1, 0.15) is 64.2 Å². The number of amides is 2. The van der Waals surface area contributed by atoms with Gasteiger partial charge in [0.2, 0.25) is 11.8 Å². The first-order valence-electron chi connectivity index (χ1n) is 10.5. The molecule has 2 aliphatic heterocycles. The fourth-order valence-corrected chi connectivity index (χ4v) is 4.93. The van der Waals surface area contributed by atoms with Gasteiger partial charge < -0.3 is 10.2 Å². The summed E-state index contributed by atoms with van der Waals surface area (Å²) in [5, 5.41) is 3.29. The summed E-state index contributed by atoms with van der Waals surface area (Å²) in [5.74, 6) is 1.09. The molecule has 2 saturated carbocycles. The van der Waals surface area contributed by atoms with Crippen LogP contribution in [0, 0.1) is 11.8 Å². The molecule has 0 spiro atoms. The molecule has 1 N–H and O–H groups in total. The standard InChI is InChI=1S/C20H33N3O2/c24-19(16-8-11-23(14-16)18-4-2-1-3-5-18)21-17-9-12-22(13-10-17)20(25)15-6-7-15/h15-18H,1-14H2,(H,21,24). The van der Waals surface area contributed by atoms with Crippen molar-refractivity contribution in [1.29, 1.82) is 0 Å². The van der Waals surface area contributed by atoms with Gasteiger partial charge in [0.1, 0.15) is 0 Å². The van der Waals surface area contributed by atoms with E-state index in [1.165, 1.54) is 32.1 Å². The quantitative estimate of drug-likeness (QED) is 0.848. The van der Waals surface area contributed by atoms with Crippen LogP contribution in [0.5, 0.6) is 0 Å². The van der Waals surface area contributed by atoms with E-state index in [1.54, 1.807) is 0 Å². The summed E-state index contributed by atoms with van der Waals surface area (Å²) in [7, 11) is 0. The SMILES string of the molecule is O=C(NC1CCN(C(=O)C2CC2)CC1)C1CCN(C2CCCCC2)C1. The first-order chi connectivity index (χ1) is 12.2. The van der Waals surface area contributed by atoms with E-state index in [4.69, 9.17) is 0 Å². The Kier molecular flexibility index (Phi) is 5.30. The number of nitrogens with zero attached hydrogens (tertiary/aromatic N) is 2. The third-order valence-electron chi connectivity index (χ3n) is 6.76. The molecule has 0 aromatic rings. The van der Waals surface area contributed by atoms with Gasteiger partial charge >= 0.3 is 0 Å². The minimum absolute atomic E-state index is 0.174. The Hall–Kier alpha value is -1.10.